The van der Waals surface area contributed by atoms with Gasteiger partial charge in [0.2, 0.25) is 0 Å². The highest BCUT2D eigenvalue weighted by Crippen LogP contribution is 2.72. The van der Waals surface area contributed by atoms with E-state index in [9.17, 15) is 14.4 Å². The molecule has 4 aliphatic carbocycles. The van der Waals surface area contributed by atoms with Crippen LogP contribution in [0.25, 0.3) is 0 Å². The molecule has 4 nitrogen and oxygen atoms in total. The molecule has 7 atom stereocenters. The zero-order valence-electron chi connectivity index (χ0n) is 15.0. The van der Waals surface area contributed by atoms with Crippen LogP contribution in [0, 0.1) is 28.6 Å². The van der Waals surface area contributed by atoms with Crippen molar-refractivity contribution in [1.82, 2.24) is 0 Å². The molecule has 0 N–H and O–H groups in total. The van der Waals surface area contributed by atoms with E-state index in [1.165, 1.54) is 0 Å². The van der Waals surface area contributed by atoms with Crippen molar-refractivity contribution in [3.63, 3.8) is 0 Å². The molecule has 0 aromatic heterocycles. The molecule has 1 unspecified atom stereocenters. The van der Waals surface area contributed by atoms with E-state index >= 15 is 0 Å². The number of Topliss-reactive ketones (excluding diaryl/α,β-unsaturated/α-hetero) is 2. The highest BCUT2D eigenvalue weighted by molar-refractivity contribution is 6.02. The maximum Gasteiger partial charge on any atom is 0.178 e. The van der Waals surface area contributed by atoms with Crippen molar-refractivity contribution < 1.29 is 19.1 Å². The van der Waals surface area contributed by atoms with Crippen LogP contribution >= 0.6 is 0 Å². The molecule has 25 heavy (non-hydrogen) atoms. The zero-order valence-corrected chi connectivity index (χ0v) is 15.0. The quantitative estimate of drug-likeness (QED) is 0.689. The number of hydrogen-bond acceptors (Lipinski definition) is 4. The third-order valence-electron chi connectivity index (χ3n) is 8.21. The van der Waals surface area contributed by atoms with Gasteiger partial charge in [-0.05, 0) is 50.2 Å². The summed E-state index contributed by atoms with van der Waals surface area (Å²) >= 11 is 0. The van der Waals surface area contributed by atoms with E-state index in [2.05, 4.69) is 13.8 Å². The molecule has 0 bridgehead atoms. The van der Waals surface area contributed by atoms with Gasteiger partial charge in [-0.25, -0.2) is 0 Å². The van der Waals surface area contributed by atoms with Crippen LogP contribution in [0.2, 0.25) is 0 Å². The molecule has 0 aromatic rings. The first kappa shape index (κ1) is 15.7. The zero-order chi connectivity index (χ0) is 17.8. The molecule has 3 saturated carbocycles. The van der Waals surface area contributed by atoms with Gasteiger partial charge in [-0.2, -0.15) is 0 Å². The molecule has 0 amide bonds. The molecule has 1 saturated heterocycles. The third-order valence-corrected chi connectivity index (χ3v) is 8.21. The standard InChI is InChI=1S/C21H24O4/c1-11(22)21-17(25-21)9-15-14-5-4-12-8-13(23)6-7-19(12,2)18(14)16(24)10-20(15,21)3/h6-8,14-15,17-18H,4-5,9-10H2,1-3H3/t14-,15-,17?,18+,19-,20-,21+/m0/s1. The van der Waals surface area contributed by atoms with E-state index in [1.807, 2.05) is 6.08 Å². The Hall–Kier alpha value is -1.55. The Balaban J connectivity index is 1.58. The summed E-state index contributed by atoms with van der Waals surface area (Å²) in [6, 6.07) is 0. The highest BCUT2D eigenvalue weighted by atomic mass is 16.6. The summed E-state index contributed by atoms with van der Waals surface area (Å²) in [5.74, 6) is 0.912. The van der Waals surface area contributed by atoms with Crippen LogP contribution in [0.3, 0.4) is 0 Å². The minimum atomic E-state index is -0.715. The van der Waals surface area contributed by atoms with Crippen molar-refractivity contribution in [3.8, 4) is 0 Å². The van der Waals surface area contributed by atoms with Crippen molar-refractivity contribution in [3.05, 3.63) is 23.8 Å². The first-order valence-electron chi connectivity index (χ1n) is 9.40. The van der Waals surface area contributed by atoms with Crippen LogP contribution in [0.15, 0.2) is 23.8 Å². The van der Waals surface area contributed by atoms with Gasteiger partial charge < -0.3 is 4.74 Å². The lowest BCUT2D eigenvalue weighted by Gasteiger charge is -2.56. The maximum absolute atomic E-state index is 13.3. The normalized spacial score (nSPS) is 52.7. The van der Waals surface area contributed by atoms with Gasteiger partial charge >= 0.3 is 0 Å². The van der Waals surface area contributed by atoms with E-state index < -0.39 is 5.60 Å². The molecule has 0 aromatic carbocycles. The van der Waals surface area contributed by atoms with Crippen molar-refractivity contribution >= 4 is 17.3 Å². The Morgan fingerprint density at radius 2 is 2.04 bits per heavy atom. The SMILES string of the molecule is CC(=O)[C@@]12OC1C[C@H]1[C@@H]3CCC4=CC(=O)C=C[C@]4(C)[C@H]3C(=O)C[C@@]12C. The fourth-order valence-electron chi connectivity index (χ4n) is 7.09. The number of ketones is 3. The van der Waals surface area contributed by atoms with Crippen molar-refractivity contribution in [2.75, 3.05) is 0 Å². The monoisotopic (exact) mass is 340 g/mol. The molecule has 0 radical (unpaired) electrons. The highest BCUT2D eigenvalue weighted by Gasteiger charge is 2.80. The molecule has 5 rings (SSSR count). The third kappa shape index (κ3) is 1.61. The van der Waals surface area contributed by atoms with Crippen LogP contribution in [0.1, 0.15) is 46.5 Å². The van der Waals surface area contributed by atoms with Crippen LogP contribution in [0.5, 0.6) is 0 Å². The average molecular weight is 340 g/mol. The van der Waals surface area contributed by atoms with Crippen molar-refractivity contribution in [2.45, 2.75) is 58.2 Å². The molecular weight excluding hydrogens is 316 g/mol. The Morgan fingerprint density at radius 3 is 2.76 bits per heavy atom. The van der Waals surface area contributed by atoms with E-state index in [1.54, 1.807) is 19.1 Å². The van der Waals surface area contributed by atoms with E-state index in [0.29, 0.717) is 12.3 Å². The van der Waals surface area contributed by atoms with Crippen LogP contribution in [-0.2, 0) is 19.1 Å². The minimum Gasteiger partial charge on any atom is -0.357 e. The van der Waals surface area contributed by atoms with Crippen LogP contribution < -0.4 is 0 Å². The van der Waals surface area contributed by atoms with Gasteiger partial charge in [-0.15, -0.1) is 0 Å². The predicted octanol–water partition coefficient (Wildman–Crippen LogP) is 2.81. The van der Waals surface area contributed by atoms with Gasteiger partial charge in [-0.3, -0.25) is 14.4 Å². The molecule has 1 aliphatic heterocycles. The van der Waals surface area contributed by atoms with E-state index in [0.717, 1.165) is 24.8 Å². The van der Waals surface area contributed by atoms with Crippen molar-refractivity contribution in [1.29, 1.82) is 0 Å². The Morgan fingerprint density at radius 1 is 1.28 bits per heavy atom. The summed E-state index contributed by atoms with van der Waals surface area (Å²) < 4.78 is 5.88. The number of epoxide rings is 1. The number of fused-ring (bicyclic) bond motifs is 7. The lowest BCUT2D eigenvalue weighted by molar-refractivity contribution is -0.151. The lowest BCUT2D eigenvalue weighted by Crippen LogP contribution is -2.57. The topological polar surface area (TPSA) is 63.7 Å². The maximum atomic E-state index is 13.3. The molecular formula is C21H24O4. The first-order valence-corrected chi connectivity index (χ1v) is 9.40. The molecule has 0 spiro atoms. The smallest absolute Gasteiger partial charge is 0.178 e. The Bertz CT molecular complexity index is 792. The minimum absolute atomic E-state index is 0.000212. The van der Waals surface area contributed by atoms with Gasteiger partial charge in [0.05, 0.1) is 6.10 Å². The number of allylic oxidation sites excluding steroid dienone is 4. The summed E-state index contributed by atoms with van der Waals surface area (Å²) in [6.45, 7) is 5.84. The van der Waals surface area contributed by atoms with Gasteiger partial charge in [-0.1, -0.05) is 25.5 Å². The summed E-state index contributed by atoms with van der Waals surface area (Å²) in [4.78, 5) is 37.5. The molecule has 5 aliphatic rings. The summed E-state index contributed by atoms with van der Waals surface area (Å²) in [5, 5.41) is 0. The molecule has 1 heterocycles. The summed E-state index contributed by atoms with van der Waals surface area (Å²) in [6.07, 6.45) is 8.44. The second-order valence-corrected chi connectivity index (χ2v) is 9.17. The number of rotatable bonds is 1. The fourth-order valence-corrected chi connectivity index (χ4v) is 7.09. The number of ether oxygens (including phenoxy) is 1. The number of carbonyl (C=O) groups is 3. The Labute approximate surface area is 147 Å². The van der Waals surface area contributed by atoms with Crippen LogP contribution in [0.4, 0.5) is 0 Å². The van der Waals surface area contributed by atoms with E-state index in [4.69, 9.17) is 4.74 Å². The number of carbonyl (C=O) groups excluding carboxylic acids is 3. The molecule has 132 valence electrons. The lowest BCUT2D eigenvalue weighted by atomic mass is 9.47. The van der Waals surface area contributed by atoms with Crippen LogP contribution in [-0.4, -0.2) is 29.1 Å². The van der Waals surface area contributed by atoms with Gasteiger partial charge in [0.1, 0.15) is 5.78 Å². The molecule has 4 fully saturated rings. The largest absolute Gasteiger partial charge is 0.357 e. The van der Waals surface area contributed by atoms with E-state index in [-0.39, 0.29) is 46.1 Å². The average Bonchev–Trinajstić information content (AvgIpc) is 3.22. The van der Waals surface area contributed by atoms with Gasteiger partial charge in [0, 0.05) is 23.2 Å². The number of hydrogen-bond donors (Lipinski definition) is 0. The summed E-state index contributed by atoms with van der Waals surface area (Å²) in [5.41, 5.74) is -0.313. The van der Waals surface area contributed by atoms with Gasteiger partial charge in [0.25, 0.3) is 0 Å². The summed E-state index contributed by atoms with van der Waals surface area (Å²) in [7, 11) is 0. The van der Waals surface area contributed by atoms with Gasteiger partial charge in [0.15, 0.2) is 17.2 Å². The fraction of sp³-hybridized carbons (Fsp3) is 0.667. The second-order valence-electron chi connectivity index (χ2n) is 9.17. The Kier molecular flexibility index (Phi) is 2.76. The second kappa shape index (κ2) is 4.40. The van der Waals surface area contributed by atoms with Crippen molar-refractivity contribution in [2.24, 2.45) is 28.6 Å². The first-order chi connectivity index (χ1) is 11.7. The predicted molar refractivity (Wildman–Crippen MR) is 90.7 cm³/mol. The molecule has 4 heteroatoms.